The van der Waals surface area contributed by atoms with Gasteiger partial charge in [-0.2, -0.15) is 10.5 Å². The molecule has 96 valence electrons. The van der Waals surface area contributed by atoms with Crippen molar-refractivity contribution in [3.63, 3.8) is 0 Å². The second-order valence-electron chi connectivity index (χ2n) is 6.71. The van der Waals surface area contributed by atoms with Crippen LogP contribution < -0.4 is 0 Å². The molecule has 0 radical (unpaired) electrons. The molecule has 0 heterocycles. The molecule has 3 aliphatic rings. The highest BCUT2D eigenvalue weighted by molar-refractivity contribution is 5.22. The molecule has 0 amide bonds. The average Bonchev–Trinajstić information content (AvgIpc) is 3.05. The van der Waals surface area contributed by atoms with Gasteiger partial charge in [-0.3, -0.25) is 0 Å². The zero-order valence-electron chi connectivity index (χ0n) is 11.1. The largest absolute Gasteiger partial charge is 0.197 e. The SMILES string of the molecule is N#CC(C#N)(C1CCCCC1)C1CC2CCC1C2. The van der Waals surface area contributed by atoms with Gasteiger partial charge in [-0.05, 0) is 55.8 Å². The summed E-state index contributed by atoms with van der Waals surface area (Å²) in [7, 11) is 0. The Morgan fingerprint density at radius 2 is 1.56 bits per heavy atom. The van der Waals surface area contributed by atoms with Crippen LogP contribution >= 0.6 is 0 Å². The van der Waals surface area contributed by atoms with Crippen LogP contribution in [-0.2, 0) is 0 Å². The summed E-state index contributed by atoms with van der Waals surface area (Å²) in [4.78, 5) is 0. The van der Waals surface area contributed by atoms with Gasteiger partial charge in [-0.1, -0.05) is 25.7 Å². The van der Waals surface area contributed by atoms with Crippen LogP contribution in [0.4, 0.5) is 0 Å². The van der Waals surface area contributed by atoms with E-state index in [1.807, 2.05) is 0 Å². The van der Waals surface area contributed by atoms with Crippen molar-refractivity contribution in [2.45, 2.75) is 57.8 Å². The molecule has 0 aromatic carbocycles. The molecule has 3 saturated carbocycles. The zero-order chi connectivity index (χ0) is 12.6. The van der Waals surface area contributed by atoms with Crippen LogP contribution in [-0.4, -0.2) is 0 Å². The first kappa shape index (κ1) is 12.0. The van der Waals surface area contributed by atoms with Crippen LogP contribution in [0.15, 0.2) is 0 Å². The molecule has 3 aliphatic carbocycles. The van der Waals surface area contributed by atoms with Crippen molar-refractivity contribution in [2.24, 2.45) is 29.1 Å². The number of rotatable bonds is 2. The van der Waals surface area contributed by atoms with Crippen molar-refractivity contribution in [1.29, 1.82) is 10.5 Å². The molecule has 2 bridgehead atoms. The molecule has 3 rings (SSSR count). The van der Waals surface area contributed by atoms with E-state index in [0.717, 1.165) is 25.2 Å². The van der Waals surface area contributed by atoms with Crippen LogP contribution in [0.25, 0.3) is 0 Å². The minimum absolute atomic E-state index is 0.352. The number of hydrogen-bond donors (Lipinski definition) is 0. The molecule has 2 nitrogen and oxygen atoms in total. The second-order valence-corrected chi connectivity index (χ2v) is 6.71. The predicted octanol–water partition coefficient (Wildman–Crippen LogP) is 4.04. The van der Waals surface area contributed by atoms with Gasteiger partial charge >= 0.3 is 0 Å². The summed E-state index contributed by atoms with van der Waals surface area (Å²) in [6.45, 7) is 0. The van der Waals surface area contributed by atoms with Crippen molar-refractivity contribution < 1.29 is 0 Å². The molecule has 3 atom stereocenters. The third-order valence-corrected chi connectivity index (χ3v) is 5.94. The summed E-state index contributed by atoms with van der Waals surface area (Å²) in [5, 5.41) is 19.5. The smallest absolute Gasteiger partial charge is 0.149 e. The minimum atomic E-state index is -0.653. The van der Waals surface area contributed by atoms with Gasteiger partial charge in [0.1, 0.15) is 5.41 Å². The fraction of sp³-hybridized carbons (Fsp3) is 0.875. The van der Waals surface area contributed by atoms with Crippen LogP contribution in [0.2, 0.25) is 0 Å². The maximum atomic E-state index is 9.74. The Kier molecular flexibility index (Phi) is 3.06. The van der Waals surface area contributed by atoms with E-state index >= 15 is 0 Å². The van der Waals surface area contributed by atoms with Gasteiger partial charge in [0.2, 0.25) is 0 Å². The maximum absolute atomic E-state index is 9.74. The van der Waals surface area contributed by atoms with E-state index in [2.05, 4.69) is 12.1 Å². The van der Waals surface area contributed by atoms with Gasteiger partial charge in [-0.15, -0.1) is 0 Å². The van der Waals surface area contributed by atoms with E-state index in [1.165, 1.54) is 38.5 Å². The summed E-state index contributed by atoms with van der Waals surface area (Å²) >= 11 is 0. The van der Waals surface area contributed by atoms with Crippen LogP contribution in [0.3, 0.4) is 0 Å². The van der Waals surface area contributed by atoms with Gasteiger partial charge in [0.05, 0.1) is 12.1 Å². The predicted molar refractivity (Wildman–Crippen MR) is 69.2 cm³/mol. The highest BCUT2D eigenvalue weighted by atomic mass is 14.6. The van der Waals surface area contributed by atoms with Crippen LogP contribution in [0, 0.1) is 51.7 Å². The van der Waals surface area contributed by atoms with E-state index in [0.29, 0.717) is 17.8 Å². The lowest BCUT2D eigenvalue weighted by molar-refractivity contribution is 0.116. The van der Waals surface area contributed by atoms with Crippen LogP contribution in [0.5, 0.6) is 0 Å². The monoisotopic (exact) mass is 242 g/mol. The molecule has 0 aromatic heterocycles. The molecule has 0 spiro atoms. The Balaban J connectivity index is 1.87. The number of nitriles is 2. The summed E-state index contributed by atoms with van der Waals surface area (Å²) < 4.78 is 0. The normalized spacial score (nSPS) is 36.2. The first-order chi connectivity index (χ1) is 8.80. The number of fused-ring (bicyclic) bond motifs is 2. The van der Waals surface area contributed by atoms with Crippen molar-refractivity contribution in [1.82, 2.24) is 0 Å². The van der Waals surface area contributed by atoms with Crippen molar-refractivity contribution in [2.75, 3.05) is 0 Å². The molecular weight excluding hydrogens is 220 g/mol. The molecular formula is C16H22N2. The number of hydrogen-bond acceptors (Lipinski definition) is 2. The lowest BCUT2D eigenvalue weighted by Crippen LogP contribution is -2.39. The van der Waals surface area contributed by atoms with Gasteiger partial charge < -0.3 is 0 Å². The molecule has 18 heavy (non-hydrogen) atoms. The quantitative estimate of drug-likeness (QED) is 0.733. The summed E-state index contributed by atoms with van der Waals surface area (Å²) in [6.07, 6.45) is 11.0. The standard InChI is InChI=1S/C16H22N2/c17-10-16(11-18,14-4-2-1-3-5-14)15-9-12-6-7-13(15)8-12/h12-15H,1-9H2. The topological polar surface area (TPSA) is 47.6 Å². The molecule has 0 N–H and O–H groups in total. The summed E-state index contributed by atoms with van der Waals surface area (Å²) in [5.41, 5.74) is -0.653. The second kappa shape index (κ2) is 4.58. The zero-order valence-corrected chi connectivity index (χ0v) is 11.1. The Bertz CT molecular complexity index is 380. The average molecular weight is 242 g/mol. The van der Waals surface area contributed by atoms with Gasteiger partial charge in [-0.25, -0.2) is 0 Å². The molecule has 3 fully saturated rings. The van der Waals surface area contributed by atoms with Crippen molar-refractivity contribution >= 4 is 0 Å². The van der Waals surface area contributed by atoms with E-state index in [-0.39, 0.29) is 0 Å². The number of nitrogens with zero attached hydrogens (tertiary/aromatic N) is 2. The van der Waals surface area contributed by atoms with E-state index < -0.39 is 5.41 Å². The third-order valence-electron chi connectivity index (χ3n) is 5.94. The van der Waals surface area contributed by atoms with E-state index in [4.69, 9.17) is 0 Å². The molecule has 3 unspecified atom stereocenters. The highest BCUT2D eigenvalue weighted by Gasteiger charge is 2.54. The fourth-order valence-electron chi connectivity index (χ4n) is 5.04. The minimum Gasteiger partial charge on any atom is -0.197 e. The van der Waals surface area contributed by atoms with E-state index in [1.54, 1.807) is 0 Å². The lowest BCUT2D eigenvalue weighted by atomic mass is 9.60. The van der Waals surface area contributed by atoms with Gasteiger partial charge in [0.25, 0.3) is 0 Å². The van der Waals surface area contributed by atoms with Crippen molar-refractivity contribution in [3.05, 3.63) is 0 Å². The fourth-order valence-corrected chi connectivity index (χ4v) is 5.04. The first-order valence-electron chi connectivity index (χ1n) is 7.62. The third kappa shape index (κ3) is 1.66. The Morgan fingerprint density at radius 3 is 2.06 bits per heavy atom. The van der Waals surface area contributed by atoms with Gasteiger partial charge in [0, 0.05) is 0 Å². The molecule has 0 aliphatic heterocycles. The highest BCUT2D eigenvalue weighted by Crippen LogP contribution is 2.58. The Morgan fingerprint density at radius 1 is 0.833 bits per heavy atom. The Hall–Kier alpha value is -1.02. The van der Waals surface area contributed by atoms with Crippen LogP contribution in [0.1, 0.15) is 57.8 Å². The Labute approximate surface area is 110 Å². The molecule has 0 saturated heterocycles. The summed E-state index contributed by atoms with van der Waals surface area (Å²) in [5.74, 6) is 2.24. The summed E-state index contributed by atoms with van der Waals surface area (Å²) in [6, 6.07) is 5.00. The first-order valence-corrected chi connectivity index (χ1v) is 7.62. The maximum Gasteiger partial charge on any atom is 0.149 e. The lowest BCUT2D eigenvalue weighted by Gasteiger charge is -2.40. The molecule has 2 heteroatoms. The van der Waals surface area contributed by atoms with Crippen molar-refractivity contribution in [3.8, 4) is 12.1 Å². The molecule has 0 aromatic rings. The van der Waals surface area contributed by atoms with Gasteiger partial charge in [0.15, 0.2) is 0 Å². The van der Waals surface area contributed by atoms with E-state index in [9.17, 15) is 10.5 Å².